The van der Waals surface area contributed by atoms with Gasteiger partial charge < -0.3 is 14.2 Å². The number of hydrogen-bond donors (Lipinski definition) is 0. The largest absolute Gasteiger partial charge is 0.493 e. The van der Waals surface area contributed by atoms with Crippen LogP contribution in [0.1, 0.15) is 17.7 Å². The zero-order chi connectivity index (χ0) is 18.8. The summed E-state index contributed by atoms with van der Waals surface area (Å²) in [4.78, 5) is 3.99. The molecule has 0 amide bonds. The molecule has 0 bridgehead atoms. The first-order valence-corrected chi connectivity index (χ1v) is 9.26. The summed E-state index contributed by atoms with van der Waals surface area (Å²) in [6.07, 6.45) is 6.08. The first kappa shape index (κ1) is 18.2. The topological polar surface area (TPSA) is 66.4 Å². The van der Waals surface area contributed by atoms with E-state index in [-0.39, 0.29) is 6.10 Å². The van der Waals surface area contributed by atoms with E-state index in [1.165, 1.54) is 0 Å². The molecule has 1 unspecified atom stereocenters. The van der Waals surface area contributed by atoms with Gasteiger partial charge in [-0.2, -0.15) is 10.2 Å². The third-order valence-electron chi connectivity index (χ3n) is 4.53. The van der Waals surface area contributed by atoms with Crippen LogP contribution in [0.2, 0.25) is 10.0 Å². The summed E-state index contributed by atoms with van der Waals surface area (Å²) in [5, 5.41) is 11.2. The maximum absolute atomic E-state index is 6.27. The van der Waals surface area contributed by atoms with Gasteiger partial charge in [0, 0.05) is 36.0 Å². The lowest BCUT2D eigenvalue weighted by Crippen LogP contribution is -2.16. The number of aromatic nitrogens is 3. The molecule has 0 N–H and O–H groups in total. The van der Waals surface area contributed by atoms with Crippen LogP contribution in [0.4, 0.5) is 0 Å². The molecular formula is C19H17Cl2N3O3. The van der Waals surface area contributed by atoms with Crippen LogP contribution in [0.5, 0.6) is 11.5 Å². The molecule has 1 atom stereocenters. The molecule has 1 aliphatic rings. The number of methoxy groups -OCH3 is 1. The van der Waals surface area contributed by atoms with Crippen LogP contribution in [0.25, 0.3) is 10.8 Å². The molecule has 1 saturated heterocycles. The van der Waals surface area contributed by atoms with Gasteiger partial charge in [-0.25, -0.2) is 0 Å². The molecule has 1 aliphatic heterocycles. The van der Waals surface area contributed by atoms with Gasteiger partial charge in [0.25, 0.3) is 0 Å². The minimum Gasteiger partial charge on any atom is -0.493 e. The van der Waals surface area contributed by atoms with Crippen molar-refractivity contribution in [3.8, 4) is 11.5 Å². The first-order valence-electron chi connectivity index (χ1n) is 8.51. The summed E-state index contributed by atoms with van der Waals surface area (Å²) >= 11 is 12.5. The second kappa shape index (κ2) is 7.84. The SMILES string of the molecule is COc1ccc2c(Cc3c(Cl)cncc3Cl)nncc2c1OC1CCOC1. The quantitative estimate of drug-likeness (QED) is 0.636. The number of nitrogens with zero attached hydrogens (tertiary/aromatic N) is 3. The van der Waals surface area contributed by atoms with Crippen molar-refractivity contribution in [3.05, 3.63) is 52.0 Å². The van der Waals surface area contributed by atoms with Crippen LogP contribution < -0.4 is 9.47 Å². The summed E-state index contributed by atoms with van der Waals surface area (Å²) < 4.78 is 17.1. The molecule has 2 aromatic heterocycles. The van der Waals surface area contributed by atoms with Gasteiger partial charge in [-0.15, -0.1) is 0 Å². The van der Waals surface area contributed by atoms with Gasteiger partial charge in [0.2, 0.25) is 0 Å². The van der Waals surface area contributed by atoms with Crippen LogP contribution in [0.3, 0.4) is 0 Å². The Morgan fingerprint density at radius 2 is 1.96 bits per heavy atom. The van der Waals surface area contributed by atoms with Gasteiger partial charge in [-0.3, -0.25) is 4.98 Å². The molecule has 0 radical (unpaired) electrons. The third-order valence-corrected chi connectivity index (χ3v) is 5.18. The molecule has 0 spiro atoms. The summed E-state index contributed by atoms with van der Waals surface area (Å²) in [6.45, 7) is 1.26. The molecule has 27 heavy (non-hydrogen) atoms. The van der Waals surface area contributed by atoms with Crippen molar-refractivity contribution in [1.29, 1.82) is 0 Å². The Kier molecular flexibility index (Phi) is 5.29. The van der Waals surface area contributed by atoms with Gasteiger partial charge in [-0.1, -0.05) is 23.2 Å². The fourth-order valence-electron chi connectivity index (χ4n) is 3.13. The van der Waals surface area contributed by atoms with Crippen molar-refractivity contribution in [2.24, 2.45) is 0 Å². The Balaban J connectivity index is 1.79. The average Bonchev–Trinajstić information content (AvgIpc) is 3.18. The highest BCUT2D eigenvalue weighted by Gasteiger charge is 2.22. The predicted molar refractivity (Wildman–Crippen MR) is 103 cm³/mol. The van der Waals surface area contributed by atoms with Crippen molar-refractivity contribution in [3.63, 3.8) is 0 Å². The zero-order valence-corrected chi connectivity index (χ0v) is 16.1. The molecule has 1 fully saturated rings. The number of fused-ring (bicyclic) bond motifs is 1. The van der Waals surface area contributed by atoms with Crippen molar-refractivity contribution in [1.82, 2.24) is 15.2 Å². The normalized spacial score (nSPS) is 16.6. The molecule has 8 heteroatoms. The second-order valence-electron chi connectivity index (χ2n) is 6.21. The third kappa shape index (κ3) is 3.65. The molecule has 140 valence electrons. The minimum atomic E-state index is -0.00907. The summed E-state index contributed by atoms with van der Waals surface area (Å²) in [6, 6.07) is 3.81. The van der Waals surface area contributed by atoms with Crippen molar-refractivity contribution in [2.75, 3.05) is 20.3 Å². The van der Waals surface area contributed by atoms with Crippen molar-refractivity contribution >= 4 is 34.0 Å². The minimum absolute atomic E-state index is 0.00907. The van der Waals surface area contributed by atoms with E-state index in [0.717, 1.165) is 28.5 Å². The van der Waals surface area contributed by atoms with Crippen molar-refractivity contribution in [2.45, 2.75) is 18.9 Å². The van der Waals surface area contributed by atoms with Gasteiger partial charge in [-0.05, 0) is 17.7 Å². The van der Waals surface area contributed by atoms with Crippen LogP contribution >= 0.6 is 23.2 Å². The van der Waals surface area contributed by atoms with E-state index in [4.69, 9.17) is 37.4 Å². The number of rotatable bonds is 5. The van der Waals surface area contributed by atoms with Crippen LogP contribution in [-0.4, -0.2) is 41.6 Å². The lowest BCUT2D eigenvalue weighted by Gasteiger charge is -2.17. The summed E-state index contributed by atoms with van der Waals surface area (Å²) in [7, 11) is 1.62. The number of pyridine rings is 1. The standard InChI is InChI=1S/C19H17Cl2N3O3/c1-25-18-3-2-12-14(19(18)27-11-4-5-26-10-11)7-23-24-17(12)6-13-15(20)8-22-9-16(13)21/h2-3,7-9,11H,4-6,10H2,1H3. The number of ether oxygens (including phenoxy) is 3. The highest BCUT2D eigenvalue weighted by molar-refractivity contribution is 6.35. The Hall–Kier alpha value is -2.15. The van der Waals surface area contributed by atoms with Gasteiger partial charge in [0.05, 0.1) is 42.3 Å². The fourth-order valence-corrected chi connectivity index (χ4v) is 3.63. The average molecular weight is 406 g/mol. The van der Waals surface area contributed by atoms with Crippen molar-refractivity contribution < 1.29 is 14.2 Å². The van der Waals surface area contributed by atoms with E-state index in [2.05, 4.69) is 15.2 Å². The number of benzene rings is 1. The van der Waals surface area contributed by atoms with E-state index in [0.29, 0.717) is 41.2 Å². The molecule has 0 saturated carbocycles. The predicted octanol–water partition coefficient (Wildman–Crippen LogP) is 4.10. The summed E-state index contributed by atoms with van der Waals surface area (Å²) in [5.41, 5.74) is 1.51. The first-order chi connectivity index (χ1) is 13.2. The monoisotopic (exact) mass is 405 g/mol. The van der Waals surface area contributed by atoms with Crippen LogP contribution in [0.15, 0.2) is 30.7 Å². The smallest absolute Gasteiger partial charge is 0.171 e. The Morgan fingerprint density at radius 3 is 2.67 bits per heavy atom. The number of hydrogen-bond acceptors (Lipinski definition) is 6. The van der Waals surface area contributed by atoms with E-state index < -0.39 is 0 Å². The molecule has 3 aromatic rings. The zero-order valence-electron chi connectivity index (χ0n) is 14.6. The lowest BCUT2D eigenvalue weighted by molar-refractivity contribution is 0.140. The second-order valence-corrected chi connectivity index (χ2v) is 7.03. The number of halogens is 2. The molecular weight excluding hydrogens is 389 g/mol. The maximum atomic E-state index is 6.27. The highest BCUT2D eigenvalue weighted by atomic mass is 35.5. The maximum Gasteiger partial charge on any atom is 0.171 e. The fraction of sp³-hybridized carbons (Fsp3) is 0.316. The van der Waals surface area contributed by atoms with Gasteiger partial charge in [0.1, 0.15) is 6.10 Å². The van der Waals surface area contributed by atoms with Gasteiger partial charge >= 0.3 is 0 Å². The molecule has 1 aromatic carbocycles. The van der Waals surface area contributed by atoms with E-state index in [9.17, 15) is 0 Å². The Morgan fingerprint density at radius 1 is 1.15 bits per heavy atom. The van der Waals surface area contributed by atoms with Crippen LogP contribution in [-0.2, 0) is 11.2 Å². The lowest BCUT2D eigenvalue weighted by atomic mass is 10.0. The van der Waals surface area contributed by atoms with E-state index in [1.54, 1.807) is 25.7 Å². The Labute approximate surface area is 166 Å². The molecule has 4 rings (SSSR count). The highest BCUT2D eigenvalue weighted by Crippen LogP contribution is 2.38. The summed E-state index contributed by atoms with van der Waals surface area (Å²) in [5.74, 6) is 1.29. The van der Waals surface area contributed by atoms with E-state index in [1.807, 2.05) is 12.1 Å². The van der Waals surface area contributed by atoms with Gasteiger partial charge in [0.15, 0.2) is 11.5 Å². The van der Waals surface area contributed by atoms with E-state index >= 15 is 0 Å². The molecule has 3 heterocycles. The molecule has 0 aliphatic carbocycles. The Bertz CT molecular complexity index is 958. The van der Waals surface area contributed by atoms with Crippen LogP contribution in [0, 0.1) is 0 Å². The molecule has 6 nitrogen and oxygen atoms in total.